The number of H-pyrrole nitrogens is 1. The molecule has 2 aromatic rings. The first-order valence-corrected chi connectivity index (χ1v) is 9.35. The Hall–Kier alpha value is -0.880. The van der Waals surface area contributed by atoms with Crippen molar-refractivity contribution in [1.82, 2.24) is 20.4 Å². The highest BCUT2D eigenvalue weighted by Crippen LogP contribution is 2.28. The lowest BCUT2D eigenvalue weighted by molar-refractivity contribution is 0.157. The lowest BCUT2D eigenvalue weighted by Gasteiger charge is -2.34. The molecule has 4 rings (SSSR count). The number of hydrogen-bond acceptors (Lipinski definition) is 4. The first-order valence-electron chi connectivity index (χ1n) is 8.41. The fourth-order valence-corrected chi connectivity index (χ4v) is 4.60. The lowest BCUT2D eigenvalue weighted by atomic mass is 9.88. The molecule has 0 saturated carbocycles. The third kappa shape index (κ3) is 3.79. The average Bonchev–Trinajstić information content (AvgIpc) is 3.30. The summed E-state index contributed by atoms with van der Waals surface area (Å²) in [5.41, 5.74) is 3.79. The van der Waals surface area contributed by atoms with Crippen molar-refractivity contribution in [3.63, 3.8) is 0 Å². The van der Waals surface area contributed by atoms with Gasteiger partial charge in [-0.2, -0.15) is 16.4 Å². The zero-order chi connectivity index (χ0) is 14.8. The molecule has 2 fully saturated rings. The van der Waals surface area contributed by atoms with Crippen molar-refractivity contribution >= 4 is 23.7 Å². The van der Waals surface area contributed by atoms with Crippen LogP contribution in [0, 0.1) is 5.92 Å². The number of likely N-dealkylation sites (tertiary alicyclic amines) is 1. The third-order valence-corrected chi connectivity index (χ3v) is 5.90. The summed E-state index contributed by atoms with van der Waals surface area (Å²) in [4.78, 5) is 2.59. The van der Waals surface area contributed by atoms with Crippen LogP contribution >= 0.6 is 23.7 Å². The molecule has 126 valence electrons. The molecule has 2 aliphatic rings. The highest BCUT2D eigenvalue weighted by Gasteiger charge is 2.28. The zero-order valence-electron chi connectivity index (χ0n) is 13.3. The van der Waals surface area contributed by atoms with Gasteiger partial charge in [-0.1, -0.05) is 0 Å². The molecule has 1 atom stereocenters. The summed E-state index contributed by atoms with van der Waals surface area (Å²) in [6, 6.07) is 2.96. The highest BCUT2D eigenvalue weighted by molar-refractivity contribution is 7.08. The molecular weight excluding hydrogens is 328 g/mol. The molecule has 2 aromatic heterocycles. The van der Waals surface area contributed by atoms with Crippen LogP contribution in [0.5, 0.6) is 0 Å². The molecule has 0 spiro atoms. The van der Waals surface area contributed by atoms with E-state index in [1.165, 1.54) is 62.1 Å². The van der Waals surface area contributed by atoms with Crippen molar-refractivity contribution in [3.8, 4) is 11.3 Å². The zero-order valence-corrected chi connectivity index (χ0v) is 15.0. The summed E-state index contributed by atoms with van der Waals surface area (Å²) in [5.74, 6) is 0.888. The minimum Gasteiger partial charge on any atom is -0.314 e. The third-order valence-electron chi connectivity index (χ3n) is 5.22. The Morgan fingerprint density at radius 2 is 2.13 bits per heavy atom. The Labute approximate surface area is 148 Å². The fourth-order valence-electron chi connectivity index (χ4n) is 3.96. The molecule has 23 heavy (non-hydrogen) atoms. The number of rotatable bonds is 4. The molecule has 0 bridgehead atoms. The molecule has 0 aliphatic carbocycles. The van der Waals surface area contributed by atoms with Crippen LogP contribution in [0.15, 0.2) is 23.0 Å². The molecule has 0 amide bonds. The van der Waals surface area contributed by atoms with Crippen molar-refractivity contribution in [2.75, 3.05) is 19.6 Å². The van der Waals surface area contributed by atoms with Gasteiger partial charge in [-0.15, -0.1) is 12.4 Å². The van der Waals surface area contributed by atoms with Gasteiger partial charge in [-0.3, -0.25) is 10.00 Å². The molecule has 2 N–H and O–H groups in total. The number of halogens is 1. The van der Waals surface area contributed by atoms with Crippen LogP contribution < -0.4 is 5.32 Å². The number of aromatic amines is 1. The van der Waals surface area contributed by atoms with Crippen molar-refractivity contribution in [3.05, 3.63) is 28.6 Å². The highest BCUT2D eigenvalue weighted by atomic mass is 35.5. The second-order valence-corrected chi connectivity index (χ2v) is 7.38. The monoisotopic (exact) mass is 352 g/mol. The Bertz CT molecular complexity index is 584. The molecule has 0 radical (unpaired) electrons. The van der Waals surface area contributed by atoms with Crippen LogP contribution in [0.1, 0.15) is 31.2 Å². The maximum Gasteiger partial charge on any atom is 0.0703 e. The number of piperidine rings is 1. The number of aromatic nitrogens is 2. The summed E-state index contributed by atoms with van der Waals surface area (Å²) in [5, 5.41) is 15.4. The normalized spacial score (nSPS) is 23.0. The van der Waals surface area contributed by atoms with Gasteiger partial charge < -0.3 is 5.32 Å². The van der Waals surface area contributed by atoms with Crippen LogP contribution in [-0.4, -0.2) is 40.8 Å². The van der Waals surface area contributed by atoms with Crippen molar-refractivity contribution in [2.24, 2.45) is 5.92 Å². The van der Waals surface area contributed by atoms with Gasteiger partial charge in [0.2, 0.25) is 0 Å². The Morgan fingerprint density at radius 3 is 2.83 bits per heavy atom. The molecule has 2 saturated heterocycles. The number of nitrogens with zero attached hydrogens (tertiary/aromatic N) is 2. The molecular formula is C17H25ClN4S. The van der Waals surface area contributed by atoms with E-state index in [0.717, 1.165) is 18.5 Å². The Morgan fingerprint density at radius 1 is 1.26 bits per heavy atom. The van der Waals surface area contributed by atoms with Gasteiger partial charge >= 0.3 is 0 Å². The van der Waals surface area contributed by atoms with Crippen molar-refractivity contribution in [1.29, 1.82) is 0 Å². The van der Waals surface area contributed by atoms with Gasteiger partial charge in [0.25, 0.3) is 0 Å². The van der Waals surface area contributed by atoms with E-state index in [2.05, 4.69) is 37.2 Å². The minimum absolute atomic E-state index is 0. The van der Waals surface area contributed by atoms with Gasteiger partial charge in [-0.05, 0) is 62.7 Å². The van der Waals surface area contributed by atoms with Gasteiger partial charge in [0.15, 0.2) is 0 Å². The van der Waals surface area contributed by atoms with Crippen LogP contribution in [0.3, 0.4) is 0 Å². The largest absolute Gasteiger partial charge is 0.314 e. The standard InChI is InChI=1S/C17H24N4S.ClH/c1-2-16(18-6-1)13-3-7-21(8-4-13)11-15-10-19-20-17(15)14-5-9-22-12-14;/h5,9-10,12-13,16,18H,1-4,6-8,11H2,(H,19,20);1H. The van der Waals surface area contributed by atoms with Crippen molar-refractivity contribution in [2.45, 2.75) is 38.3 Å². The lowest BCUT2D eigenvalue weighted by Crippen LogP contribution is -2.40. The maximum absolute atomic E-state index is 4.26. The van der Waals surface area contributed by atoms with E-state index in [-0.39, 0.29) is 12.4 Å². The smallest absolute Gasteiger partial charge is 0.0703 e. The van der Waals surface area contributed by atoms with Crippen LogP contribution in [0.2, 0.25) is 0 Å². The van der Waals surface area contributed by atoms with Gasteiger partial charge in [0.1, 0.15) is 0 Å². The molecule has 2 aliphatic heterocycles. The van der Waals surface area contributed by atoms with E-state index in [9.17, 15) is 0 Å². The van der Waals surface area contributed by atoms with E-state index in [1.54, 1.807) is 11.3 Å². The van der Waals surface area contributed by atoms with E-state index >= 15 is 0 Å². The summed E-state index contributed by atoms with van der Waals surface area (Å²) >= 11 is 1.74. The summed E-state index contributed by atoms with van der Waals surface area (Å²) in [6.07, 6.45) is 7.42. The summed E-state index contributed by atoms with van der Waals surface area (Å²) in [7, 11) is 0. The van der Waals surface area contributed by atoms with Crippen LogP contribution in [-0.2, 0) is 6.54 Å². The number of hydrogen-bond donors (Lipinski definition) is 2. The SMILES string of the molecule is Cl.c1cc(-c2[nH]ncc2CN2CCC(C3CCCN3)CC2)cs1. The topological polar surface area (TPSA) is 44.0 Å². The molecule has 4 nitrogen and oxygen atoms in total. The van der Waals surface area contributed by atoms with E-state index in [1.807, 2.05) is 6.20 Å². The van der Waals surface area contributed by atoms with Crippen LogP contribution in [0.25, 0.3) is 11.3 Å². The van der Waals surface area contributed by atoms with E-state index in [0.29, 0.717) is 0 Å². The first-order chi connectivity index (χ1) is 10.9. The number of thiophene rings is 1. The maximum atomic E-state index is 4.26. The second kappa shape index (κ2) is 7.79. The molecule has 1 unspecified atom stereocenters. The van der Waals surface area contributed by atoms with Gasteiger partial charge in [-0.25, -0.2) is 0 Å². The summed E-state index contributed by atoms with van der Waals surface area (Å²) < 4.78 is 0. The van der Waals surface area contributed by atoms with Gasteiger partial charge in [0.05, 0.1) is 11.9 Å². The number of nitrogens with one attached hydrogen (secondary N) is 2. The van der Waals surface area contributed by atoms with Crippen LogP contribution in [0.4, 0.5) is 0 Å². The predicted octanol–water partition coefficient (Wildman–Crippen LogP) is 3.52. The van der Waals surface area contributed by atoms with Crippen molar-refractivity contribution < 1.29 is 0 Å². The molecule has 0 aromatic carbocycles. The second-order valence-electron chi connectivity index (χ2n) is 6.60. The van der Waals surface area contributed by atoms with E-state index < -0.39 is 0 Å². The first kappa shape index (κ1) is 17.0. The molecule has 6 heteroatoms. The Balaban J connectivity index is 0.00000156. The van der Waals surface area contributed by atoms with E-state index in [4.69, 9.17) is 0 Å². The summed E-state index contributed by atoms with van der Waals surface area (Å²) in [6.45, 7) is 4.69. The quantitative estimate of drug-likeness (QED) is 0.884. The fraction of sp³-hybridized carbons (Fsp3) is 0.588. The average molecular weight is 353 g/mol. The minimum atomic E-state index is 0. The predicted molar refractivity (Wildman–Crippen MR) is 98.2 cm³/mol. The Kier molecular flexibility index (Phi) is 5.75. The molecule has 4 heterocycles. The van der Waals surface area contributed by atoms with Gasteiger partial charge in [0, 0.05) is 29.1 Å².